The molecule has 0 radical (unpaired) electrons. The highest BCUT2D eigenvalue weighted by Gasteiger charge is 2.19. The van der Waals surface area contributed by atoms with E-state index in [1.54, 1.807) is 13.1 Å². The molecule has 1 aromatic rings. The van der Waals surface area contributed by atoms with Crippen LogP contribution in [-0.2, 0) is 4.79 Å². The van der Waals surface area contributed by atoms with Crippen molar-refractivity contribution in [1.29, 1.82) is 0 Å². The normalized spacial score (nSPS) is 10.0. The first kappa shape index (κ1) is 15.4. The van der Waals surface area contributed by atoms with Crippen molar-refractivity contribution >= 4 is 50.3 Å². The molecule has 0 heterocycles. The summed E-state index contributed by atoms with van der Waals surface area (Å²) in [6.45, 7) is 2.41. The Balaban J connectivity index is 2.96. The molecule has 0 aromatic heterocycles. The van der Waals surface area contributed by atoms with Gasteiger partial charge in [0.05, 0.1) is 12.1 Å². The second kappa shape index (κ2) is 7.08. The maximum absolute atomic E-state index is 12.3. The summed E-state index contributed by atoms with van der Waals surface area (Å²) in [7, 11) is 1.56. The van der Waals surface area contributed by atoms with E-state index in [2.05, 4.69) is 43.8 Å². The van der Waals surface area contributed by atoms with E-state index in [0.717, 1.165) is 8.04 Å². The van der Waals surface area contributed by atoms with Gasteiger partial charge < -0.3 is 10.2 Å². The van der Waals surface area contributed by atoms with E-state index in [9.17, 15) is 9.59 Å². The van der Waals surface area contributed by atoms with Crippen LogP contribution in [0.3, 0.4) is 0 Å². The Morgan fingerprint density at radius 3 is 2.67 bits per heavy atom. The van der Waals surface area contributed by atoms with Crippen molar-refractivity contribution in [2.75, 3.05) is 20.1 Å². The molecule has 0 saturated carbocycles. The highest BCUT2D eigenvalue weighted by atomic mass is 127. The maximum atomic E-state index is 12.3. The molecule has 4 nitrogen and oxygen atoms in total. The highest BCUT2D eigenvalue weighted by molar-refractivity contribution is 14.1. The van der Waals surface area contributed by atoms with E-state index < -0.39 is 0 Å². The van der Waals surface area contributed by atoms with Crippen molar-refractivity contribution < 1.29 is 9.59 Å². The predicted molar refractivity (Wildman–Crippen MR) is 82.5 cm³/mol. The summed E-state index contributed by atoms with van der Waals surface area (Å²) in [5.74, 6) is -0.321. The second-order valence-electron chi connectivity index (χ2n) is 3.62. The Kier molecular flexibility index (Phi) is 6.07. The summed E-state index contributed by atoms with van der Waals surface area (Å²) in [6, 6.07) is 5.55. The van der Waals surface area contributed by atoms with Gasteiger partial charge in [0.15, 0.2) is 0 Å². The average Bonchev–Trinajstić information content (AvgIpc) is 2.37. The number of carbonyl (C=O) groups is 2. The van der Waals surface area contributed by atoms with Crippen molar-refractivity contribution in [3.8, 4) is 0 Å². The van der Waals surface area contributed by atoms with Gasteiger partial charge >= 0.3 is 0 Å². The van der Waals surface area contributed by atoms with Gasteiger partial charge in [-0.15, -0.1) is 0 Å². The van der Waals surface area contributed by atoms with Crippen molar-refractivity contribution in [2.24, 2.45) is 0 Å². The molecule has 0 aliphatic heterocycles. The standard InChI is InChI=1S/C12H14BrIN2O2/c1-3-16(7-11(17)15-2)12(18)9-6-8(14)4-5-10(9)13/h4-6H,3,7H2,1-2H3,(H,15,17). The number of hydrogen-bond donors (Lipinski definition) is 1. The number of halogens is 2. The minimum Gasteiger partial charge on any atom is -0.358 e. The van der Waals surface area contributed by atoms with Crippen molar-refractivity contribution in [3.05, 3.63) is 31.8 Å². The van der Waals surface area contributed by atoms with Crippen LogP contribution in [0.15, 0.2) is 22.7 Å². The number of hydrogen-bond acceptors (Lipinski definition) is 2. The van der Waals surface area contributed by atoms with E-state index in [0.29, 0.717) is 12.1 Å². The predicted octanol–water partition coefficient (Wildman–Crippen LogP) is 2.26. The van der Waals surface area contributed by atoms with E-state index in [4.69, 9.17) is 0 Å². The lowest BCUT2D eigenvalue weighted by Crippen LogP contribution is -2.39. The van der Waals surface area contributed by atoms with E-state index in [1.807, 2.05) is 19.1 Å². The fourth-order valence-electron chi connectivity index (χ4n) is 1.41. The lowest BCUT2D eigenvalue weighted by Gasteiger charge is -2.20. The van der Waals surface area contributed by atoms with Crippen molar-refractivity contribution in [3.63, 3.8) is 0 Å². The first-order valence-corrected chi connectivity index (χ1v) is 7.31. The first-order valence-electron chi connectivity index (χ1n) is 5.44. The zero-order chi connectivity index (χ0) is 13.7. The topological polar surface area (TPSA) is 49.4 Å². The molecule has 6 heteroatoms. The van der Waals surface area contributed by atoms with Crippen LogP contribution in [-0.4, -0.2) is 36.9 Å². The summed E-state index contributed by atoms with van der Waals surface area (Å²) >= 11 is 5.51. The molecular weight excluding hydrogens is 411 g/mol. The van der Waals surface area contributed by atoms with Gasteiger partial charge in [-0.3, -0.25) is 9.59 Å². The Morgan fingerprint density at radius 2 is 2.11 bits per heavy atom. The van der Waals surface area contributed by atoms with Crippen LogP contribution in [0.25, 0.3) is 0 Å². The van der Waals surface area contributed by atoms with Crippen LogP contribution in [0.2, 0.25) is 0 Å². The molecular formula is C12H14BrIN2O2. The molecule has 0 bridgehead atoms. The zero-order valence-corrected chi connectivity index (χ0v) is 13.9. The van der Waals surface area contributed by atoms with Gasteiger partial charge in [0, 0.05) is 21.6 Å². The molecule has 98 valence electrons. The second-order valence-corrected chi connectivity index (χ2v) is 5.72. The molecule has 0 aliphatic rings. The van der Waals surface area contributed by atoms with Crippen LogP contribution in [0, 0.1) is 3.57 Å². The molecule has 1 N–H and O–H groups in total. The molecule has 1 aromatic carbocycles. The Hall–Kier alpha value is -0.630. The fourth-order valence-corrected chi connectivity index (χ4v) is 2.32. The molecule has 0 saturated heterocycles. The largest absolute Gasteiger partial charge is 0.358 e. The van der Waals surface area contributed by atoms with Gasteiger partial charge in [-0.05, 0) is 63.6 Å². The summed E-state index contributed by atoms with van der Waals surface area (Å²) < 4.78 is 1.72. The number of likely N-dealkylation sites (N-methyl/N-ethyl adjacent to an activating group) is 2. The molecule has 18 heavy (non-hydrogen) atoms. The van der Waals surface area contributed by atoms with Crippen molar-refractivity contribution in [1.82, 2.24) is 10.2 Å². The third kappa shape index (κ3) is 3.94. The maximum Gasteiger partial charge on any atom is 0.255 e. The highest BCUT2D eigenvalue weighted by Crippen LogP contribution is 2.21. The smallest absolute Gasteiger partial charge is 0.255 e. The van der Waals surface area contributed by atoms with E-state index >= 15 is 0 Å². The molecule has 1 rings (SSSR count). The van der Waals surface area contributed by atoms with Gasteiger partial charge in [0.25, 0.3) is 5.91 Å². The third-order valence-corrected chi connectivity index (χ3v) is 3.80. The van der Waals surface area contributed by atoms with Crippen LogP contribution in [0.5, 0.6) is 0 Å². The summed E-state index contributed by atoms with van der Waals surface area (Å²) in [5, 5.41) is 2.52. The number of rotatable bonds is 4. The summed E-state index contributed by atoms with van der Waals surface area (Å²) in [5.41, 5.74) is 0.577. The molecule has 0 fully saturated rings. The monoisotopic (exact) mass is 424 g/mol. The van der Waals surface area contributed by atoms with Gasteiger partial charge in [0.1, 0.15) is 0 Å². The number of nitrogens with one attached hydrogen (secondary N) is 1. The van der Waals surface area contributed by atoms with E-state index in [1.165, 1.54) is 4.90 Å². The number of amides is 2. The van der Waals surface area contributed by atoms with Gasteiger partial charge in [0.2, 0.25) is 5.91 Å². The van der Waals surface area contributed by atoms with Gasteiger partial charge in [-0.25, -0.2) is 0 Å². The van der Waals surface area contributed by atoms with Crippen LogP contribution in [0.1, 0.15) is 17.3 Å². The van der Waals surface area contributed by atoms with Crippen LogP contribution < -0.4 is 5.32 Å². The minimum absolute atomic E-state index is 0.0732. The van der Waals surface area contributed by atoms with E-state index in [-0.39, 0.29) is 18.4 Å². The Bertz CT molecular complexity index is 465. The zero-order valence-electron chi connectivity index (χ0n) is 10.2. The molecule has 0 atom stereocenters. The lowest BCUT2D eigenvalue weighted by atomic mass is 10.2. The number of carbonyl (C=O) groups excluding carboxylic acids is 2. The molecule has 0 aliphatic carbocycles. The Labute approximate surface area is 128 Å². The van der Waals surface area contributed by atoms with Crippen LogP contribution in [0.4, 0.5) is 0 Å². The van der Waals surface area contributed by atoms with Crippen LogP contribution >= 0.6 is 38.5 Å². The minimum atomic E-state index is -0.174. The molecule has 0 unspecified atom stereocenters. The number of nitrogens with zero attached hydrogens (tertiary/aromatic N) is 1. The fraction of sp³-hybridized carbons (Fsp3) is 0.333. The molecule has 0 spiro atoms. The SMILES string of the molecule is CCN(CC(=O)NC)C(=O)c1cc(I)ccc1Br. The summed E-state index contributed by atoms with van der Waals surface area (Å²) in [4.78, 5) is 25.2. The van der Waals surface area contributed by atoms with Gasteiger partial charge in [-0.1, -0.05) is 0 Å². The lowest BCUT2D eigenvalue weighted by molar-refractivity contribution is -0.121. The summed E-state index contributed by atoms with van der Waals surface area (Å²) in [6.07, 6.45) is 0. The molecule has 2 amide bonds. The third-order valence-electron chi connectivity index (χ3n) is 2.44. The van der Waals surface area contributed by atoms with Gasteiger partial charge in [-0.2, -0.15) is 0 Å². The average molecular weight is 425 g/mol. The number of benzene rings is 1. The quantitative estimate of drug-likeness (QED) is 0.753. The first-order chi connectivity index (χ1) is 8.49. The Morgan fingerprint density at radius 1 is 1.44 bits per heavy atom. The van der Waals surface area contributed by atoms with Crippen molar-refractivity contribution in [2.45, 2.75) is 6.92 Å².